The second kappa shape index (κ2) is 8.04. The van der Waals surface area contributed by atoms with Gasteiger partial charge in [-0.25, -0.2) is 13.2 Å². The summed E-state index contributed by atoms with van der Waals surface area (Å²) >= 11 is 0. The number of imide groups is 1. The number of amides is 3. The second-order valence-electron chi connectivity index (χ2n) is 7.91. The molecule has 0 aliphatic carbocycles. The van der Waals surface area contributed by atoms with E-state index in [-0.39, 0.29) is 18.5 Å². The Bertz CT molecular complexity index is 921. The molecule has 0 unspecified atom stereocenters. The predicted molar refractivity (Wildman–Crippen MR) is 110 cm³/mol. The molecule has 0 saturated carbocycles. The smallest absolute Gasteiger partial charge is 0.324 e. The molecule has 1 N–H and O–H groups in total. The van der Waals surface area contributed by atoms with Crippen LogP contribution in [0.4, 0.5) is 4.79 Å². The normalized spacial score (nSPS) is 18.9. The molecule has 0 bridgehead atoms. The van der Waals surface area contributed by atoms with Gasteiger partial charge in [0.05, 0.1) is 11.4 Å². The van der Waals surface area contributed by atoms with E-state index in [0.29, 0.717) is 44.2 Å². The van der Waals surface area contributed by atoms with Crippen molar-refractivity contribution in [2.75, 3.05) is 45.8 Å². The molecule has 2 aliphatic heterocycles. The number of nitrogens with one attached hydrogen (secondary N) is 1. The van der Waals surface area contributed by atoms with E-state index in [1.54, 1.807) is 0 Å². The molecule has 2 aliphatic rings. The van der Waals surface area contributed by atoms with Crippen molar-refractivity contribution in [3.05, 3.63) is 27.8 Å². The molecule has 3 amide bonds. The number of hydrogen-bond donors (Lipinski definition) is 1. The zero-order valence-electron chi connectivity index (χ0n) is 17.8. The molecular formula is C20H30N4O4S. The number of nitrogens with zero attached hydrogens (tertiary/aromatic N) is 3. The molecule has 1 aromatic carbocycles. The van der Waals surface area contributed by atoms with E-state index in [2.05, 4.69) is 5.32 Å². The fourth-order valence-electron chi connectivity index (χ4n) is 4.10. The van der Waals surface area contributed by atoms with Crippen molar-refractivity contribution in [3.63, 3.8) is 0 Å². The quantitative estimate of drug-likeness (QED) is 0.784. The lowest BCUT2D eigenvalue weighted by molar-refractivity contribution is -0.129. The lowest BCUT2D eigenvalue weighted by Gasteiger charge is -2.35. The highest BCUT2D eigenvalue weighted by atomic mass is 32.2. The number of benzene rings is 1. The maximum absolute atomic E-state index is 13.4. The zero-order valence-corrected chi connectivity index (χ0v) is 18.6. The van der Waals surface area contributed by atoms with Crippen molar-refractivity contribution in [2.24, 2.45) is 0 Å². The average Bonchev–Trinajstić information content (AvgIpc) is 3.11. The summed E-state index contributed by atoms with van der Waals surface area (Å²) in [5.41, 5.74) is 4.78. The summed E-state index contributed by atoms with van der Waals surface area (Å²) in [6, 6.07) is -0.354. The molecular weight excluding hydrogens is 392 g/mol. The number of piperazine rings is 1. The van der Waals surface area contributed by atoms with E-state index in [4.69, 9.17) is 0 Å². The Morgan fingerprint density at radius 1 is 0.862 bits per heavy atom. The summed E-state index contributed by atoms with van der Waals surface area (Å²) in [6.45, 7) is 12.3. The van der Waals surface area contributed by atoms with E-state index in [1.165, 1.54) is 9.21 Å². The summed E-state index contributed by atoms with van der Waals surface area (Å²) in [4.78, 5) is 27.5. The van der Waals surface area contributed by atoms with Gasteiger partial charge in [0.15, 0.2) is 0 Å². The van der Waals surface area contributed by atoms with Gasteiger partial charge in [-0.05, 0) is 62.4 Å². The lowest BCUT2D eigenvalue weighted by Crippen LogP contribution is -2.52. The van der Waals surface area contributed by atoms with E-state index < -0.39 is 10.0 Å². The molecule has 160 valence electrons. The molecule has 2 saturated heterocycles. The fourth-order valence-corrected chi connectivity index (χ4v) is 6.08. The Kier molecular flexibility index (Phi) is 6.03. The van der Waals surface area contributed by atoms with Crippen LogP contribution in [-0.2, 0) is 14.8 Å². The Hall–Kier alpha value is -1.97. The van der Waals surface area contributed by atoms with Gasteiger partial charge in [0.2, 0.25) is 15.9 Å². The van der Waals surface area contributed by atoms with Gasteiger partial charge in [0.25, 0.3) is 0 Å². The molecule has 8 nitrogen and oxygen atoms in total. The van der Waals surface area contributed by atoms with Gasteiger partial charge in [0.1, 0.15) is 0 Å². The number of sulfonamides is 1. The molecule has 0 radical (unpaired) electrons. The first-order chi connectivity index (χ1) is 13.6. The van der Waals surface area contributed by atoms with Gasteiger partial charge in [-0.1, -0.05) is 0 Å². The summed E-state index contributed by atoms with van der Waals surface area (Å²) in [6.07, 6.45) is 0. The highest BCUT2D eigenvalue weighted by molar-refractivity contribution is 7.89. The zero-order chi connectivity index (χ0) is 21.5. The Morgan fingerprint density at radius 3 is 1.86 bits per heavy atom. The van der Waals surface area contributed by atoms with Crippen LogP contribution in [0.15, 0.2) is 4.90 Å². The van der Waals surface area contributed by atoms with Crippen LogP contribution in [-0.4, -0.2) is 80.3 Å². The second-order valence-corrected chi connectivity index (χ2v) is 9.79. The number of rotatable bonds is 4. The molecule has 0 spiro atoms. The molecule has 3 rings (SSSR count). The van der Waals surface area contributed by atoms with Gasteiger partial charge in [-0.3, -0.25) is 14.6 Å². The third kappa shape index (κ3) is 3.91. The van der Waals surface area contributed by atoms with Gasteiger partial charge >= 0.3 is 6.03 Å². The molecule has 2 fully saturated rings. The van der Waals surface area contributed by atoms with Crippen molar-refractivity contribution >= 4 is 22.0 Å². The predicted octanol–water partition coefficient (Wildman–Crippen LogP) is 1.09. The van der Waals surface area contributed by atoms with E-state index in [9.17, 15) is 18.0 Å². The Balaban J connectivity index is 1.72. The SMILES string of the molecule is Cc1c(C)c(C)c(S(=O)(=O)N2CCN(CC(=O)N3CCNC3=O)CC2)c(C)c1C. The third-order valence-corrected chi connectivity index (χ3v) is 8.55. The van der Waals surface area contributed by atoms with Crippen LogP contribution in [0.2, 0.25) is 0 Å². The summed E-state index contributed by atoms with van der Waals surface area (Å²) in [5, 5.41) is 2.62. The molecule has 29 heavy (non-hydrogen) atoms. The van der Waals surface area contributed by atoms with Crippen LogP contribution >= 0.6 is 0 Å². The summed E-state index contributed by atoms with van der Waals surface area (Å²) < 4.78 is 28.3. The standard InChI is InChI=1S/C20H30N4O4S/c1-13-14(2)16(4)19(17(5)15(13)3)29(27,28)23-10-8-22(9-11-23)12-18(25)24-7-6-21-20(24)26/h6-12H2,1-5H3,(H,21,26). The average molecular weight is 423 g/mol. The maximum Gasteiger partial charge on any atom is 0.324 e. The van der Waals surface area contributed by atoms with Crippen LogP contribution in [0.1, 0.15) is 27.8 Å². The van der Waals surface area contributed by atoms with Gasteiger partial charge < -0.3 is 5.32 Å². The highest BCUT2D eigenvalue weighted by Gasteiger charge is 2.34. The molecule has 1 aromatic rings. The number of urea groups is 1. The van der Waals surface area contributed by atoms with Crippen LogP contribution in [0.3, 0.4) is 0 Å². The lowest BCUT2D eigenvalue weighted by atomic mass is 9.95. The van der Waals surface area contributed by atoms with Gasteiger partial charge in [-0.2, -0.15) is 4.31 Å². The first-order valence-electron chi connectivity index (χ1n) is 9.93. The first-order valence-corrected chi connectivity index (χ1v) is 11.4. The monoisotopic (exact) mass is 422 g/mol. The first kappa shape index (κ1) is 21.7. The van der Waals surface area contributed by atoms with Crippen LogP contribution in [0, 0.1) is 34.6 Å². The van der Waals surface area contributed by atoms with Crippen LogP contribution < -0.4 is 5.32 Å². The molecule has 9 heteroatoms. The number of hydrogen-bond acceptors (Lipinski definition) is 5. The van der Waals surface area contributed by atoms with Crippen molar-refractivity contribution < 1.29 is 18.0 Å². The van der Waals surface area contributed by atoms with E-state index in [1.807, 2.05) is 39.5 Å². The highest BCUT2D eigenvalue weighted by Crippen LogP contribution is 2.31. The summed E-state index contributed by atoms with van der Waals surface area (Å²) in [5.74, 6) is -0.243. The van der Waals surface area contributed by atoms with E-state index >= 15 is 0 Å². The topological polar surface area (TPSA) is 90.0 Å². The van der Waals surface area contributed by atoms with Crippen LogP contribution in [0.25, 0.3) is 0 Å². The Labute approximate surface area is 172 Å². The molecule has 2 heterocycles. The van der Waals surface area contributed by atoms with Gasteiger partial charge in [-0.15, -0.1) is 0 Å². The fraction of sp³-hybridized carbons (Fsp3) is 0.600. The maximum atomic E-state index is 13.4. The number of carbonyl (C=O) groups excluding carboxylic acids is 2. The number of carbonyl (C=O) groups is 2. The van der Waals surface area contributed by atoms with Crippen LogP contribution in [0.5, 0.6) is 0 Å². The van der Waals surface area contributed by atoms with Gasteiger partial charge in [0, 0.05) is 39.3 Å². The van der Waals surface area contributed by atoms with Crippen molar-refractivity contribution in [2.45, 2.75) is 39.5 Å². The van der Waals surface area contributed by atoms with Crippen molar-refractivity contribution in [3.8, 4) is 0 Å². The Morgan fingerprint density at radius 2 is 1.38 bits per heavy atom. The van der Waals surface area contributed by atoms with E-state index in [0.717, 1.165) is 27.8 Å². The minimum Gasteiger partial charge on any atom is -0.336 e. The molecule has 0 atom stereocenters. The largest absolute Gasteiger partial charge is 0.336 e. The summed E-state index contributed by atoms with van der Waals surface area (Å²) in [7, 11) is -3.61. The molecule has 0 aromatic heterocycles. The van der Waals surface area contributed by atoms with Crippen molar-refractivity contribution in [1.29, 1.82) is 0 Å². The minimum atomic E-state index is -3.61. The third-order valence-electron chi connectivity index (χ3n) is 6.38. The van der Waals surface area contributed by atoms with Crippen molar-refractivity contribution in [1.82, 2.24) is 19.4 Å². The minimum absolute atomic E-state index is 0.127.